The Morgan fingerprint density at radius 2 is 2.00 bits per heavy atom. The maximum atomic E-state index is 11.7. The number of aromatic nitrogens is 1. The van der Waals surface area contributed by atoms with Crippen molar-refractivity contribution >= 4 is 11.9 Å². The van der Waals surface area contributed by atoms with E-state index in [-0.39, 0.29) is 17.3 Å². The highest BCUT2D eigenvalue weighted by molar-refractivity contribution is 5.94. The van der Waals surface area contributed by atoms with Crippen LogP contribution in [0, 0.1) is 5.92 Å². The second-order valence-corrected chi connectivity index (χ2v) is 4.00. The van der Waals surface area contributed by atoms with E-state index in [2.05, 4.69) is 15.0 Å². The average molecular weight is 236 g/mol. The summed E-state index contributed by atoms with van der Waals surface area (Å²) in [5.74, 6) is -0.476. The molecule has 0 radical (unpaired) electrons. The van der Waals surface area contributed by atoms with Gasteiger partial charge in [-0.2, -0.15) is 0 Å². The molecule has 1 heterocycles. The molecule has 5 nitrogen and oxygen atoms in total. The molecule has 0 bridgehead atoms. The molecule has 0 aliphatic rings. The topological polar surface area (TPSA) is 68.3 Å². The smallest absolute Gasteiger partial charge is 0.356 e. The van der Waals surface area contributed by atoms with Gasteiger partial charge in [0, 0.05) is 6.54 Å². The Bertz CT molecular complexity index is 416. The molecule has 0 fully saturated rings. The fourth-order valence-electron chi connectivity index (χ4n) is 1.17. The standard InChI is InChI=1S/C12H16N2O3/c1-8(2)7-13-11(15)9-5-4-6-10(14-9)12(16)17-3/h4-6,8H,7H2,1-3H3,(H,13,15). The van der Waals surface area contributed by atoms with Crippen molar-refractivity contribution in [2.45, 2.75) is 13.8 Å². The molecule has 0 aromatic carbocycles. The van der Waals surface area contributed by atoms with Gasteiger partial charge >= 0.3 is 5.97 Å². The lowest BCUT2D eigenvalue weighted by Crippen LogP contribution is -2.28. The second-order valence-electron chi connectivity index (χ2n) is 4.00. The third-order valence-electron chi connectivity index (χ3n) is 2.05. The van der Waals surface area contributed by atoms with Gasteiger partial charge in [-0.05, 0) is 18.1 Å². The third kappa shape index (κ3) is 3.86. The first-order chi connectivity index (χ1) is 8.04. The highest BCUT2D eigenvalue weighted by Crippen LogP contribution is 2.01. The van der Waals surface area contributed by atoms with Crippen LogP contribution in [0.4, 0.5) is 0 Å². The van der Waals surface area contributed by atoms with E-state index in [4.69, 9.17) is 0 Å². The number of ether oxygens (including phenoxy) is 1. The minimum atomic E-state index is -0.552. The Labute approximate surface area is 100 Å². The molecular formula is C12H16N2O3. The van der Waals surface area contributed by atoms with Crippen LogP contribution in [0.5, 0.6) is 0 Å². The molecule has 17 heavy (non-hydrogen) atoms. The van der Waals surface area contributed by atoms with Crippen molar-refractivity contribution in [1.82, 2.24) is 10.3 Å². The molecule has 1 aromatic rings. The van der Waals surface area contributed by atoms with Crippen LogP contribution in [0.2, 0.25) is 0 Å². The molecule has 0 saturated carbocycles. The number of nitrogens with one attached hydrogen (secondary N) is 1. The molecule has 1 aromatic heterocycles. The van der Waals surface area contributed by atoms with Gasteiger partial charge in [-0.1, -0.05) is 19.9 Å². The summed E-state index contributed by atoms with van der Waals surface area (Å²) in [6.45, 7) is 4.57. The highest BCUT2D eigenvalue weighted by atomic mass is 16.5. The summed E-state index contributed by atoms with van der Waals surface area (Å²) < 4.78 is 4.54. The summed E-state index contributed by atoms with van der Waals surface area (Å²) in [6.07, 6.45) is 0. The number of carbonyl (C=O) groups excluding carboxylic acids is 2. The third-order valence-corrected chi connectivity index (χ3v) is 2.05. The van der Waals surface area contributed by atoms with E-state index in [0.717, 1.165) is 0 Å². The van der Waals surface area contributed by atoms with E-state index >= 15 is 0 Å². The number of rotatable bonds is 4. The fourth-order valence-corrected chi connectivity index (χ4v) is 1.17. The lowest BCUT2D eigenvalue weighted by atomic mass is 10.2. The van der Waals surface area contributed by atoms with Crippen molar-refractivity contribution in [3.05, 3.63) is 29.6 Å². The van der Waals surface area contributed by atoms with Gasteiger partial charge in [0.25, 0.3) is 5.91 Å². The second kappa shape index (κ2) is 5.98. The first kappa shape index (κ1) is 13.2. The van der Waals surface area contributed by atoms with Gasteiger partial charge in [0.2, 0.25) is 0 Å². The molecule has 0 aliphatic heterocycles. The molecule has 0 aliphatic carbocycles. The van der Waals surface area contributed by atoms with Crippen LogP contribution in [-0.2, 0) is 4.74 Å². The summed E-state index contributed by atoms with van der Waals surface area (Å²) in [5.41, 5.74) is 0.346. The number of pyridine rings is 1. The van der Waals surface area contributed by atoms with Gasteiger partial charge in [-0.3, -0.25) is 4.79 Å². The fraction of sp³-hybridized carbons (Fsp3) is 0.417. The highest BCUT2D eigenvalue weighted by Gasteiger charge is 2.12. The lowest BCUT2D eigenvalue weighted by molar-refractivity contribution is 0.0594. The monoisotopic (exact) mass is 236 g/mol. The van der Waals surface area contributed by atoms with E-state index in [1.165, 1.54) is 13.2 Å². The Kier molecular flexibility index (Phi) is 4.63. The van der Waals surface area contributed by atoms with Gasteiger partial charge in [-0.25, -0.2) is 9.78 Å². The van der Waals surface area contributed by atoms with E-state index < -0.39 is 5.97 Å². The van der Waals surface area contributed by atoms with Crippen molar-refractivity contribution in [2.75, 3.05) is 13.7 Å². The number of amides is 1. The van der Waals surface area contributed by atoms with Gasteiger partial charge in [0.1, 0.15) is 11.4 Å². The van der Waals surface area contributed by atoms with Crippen LogP contribution >= 0.6 is 0 Å². The summed E-state index contributed by atoms with van der Waals surface area (Å²) in [4.78, 5) is 26.9. The molecule has 1 rings (SSSR count). The summed E-state index contributed by atoms with van der Waals surface area (Å²) in [7, 11) is 1.27. The van der Waals surface area contributed by atoms with Crippen molar-refractivity contribution in [1.29, 1.82) is 0 Å². The van der Waals surface area contributed by atoms with Crippen LogP contribution in [-0.4, -0.2) is 30.5 Å². The minimum absolute atomic E-state index is 0.129. The van der Waals surface area contributed by atoms with Gasteiger partial charge < -0.3 is 10.1 Å². The molecule has 0 saturated heterocycles. The summed E-state index contributed by atoms with van der Waals surface area (Å²) in [5, 5.41) is 2.73. The number of esters is 1. The van der Waals surface area contributed by atoms with Gasteiger partial charge in [0.05, 0.1) is 7.11 Å². The number of carbonyl (C=O) groups is 2. The molecule has 0 atom stereocenters. The van der Waals surface area contributed by atoms with Crippen molar-refractivity contribution in [2.24, 2.45) is 5.92 Å². The van der Waals surface area contributed by atoms with Crippen molar-refractivity contribution < 1.29 is 14.3 Å². The molecular weight excluding hydrogens is 220 g/mol. The van der Waals surface area contributed by atoms with Crippen LogP contribution in [0.15, 0.2) is 18.2 Å². The zero-order valence-electron chi connectivity index (χ0n) is 10.2. The average Bonchev–Trinajstić information content (AvgIpc) is 2.35. The number of methoxy groups -OCH3 is 1. The Hall–Kier alpha value is -1.91. The number of hydrogen-bond donors (Lipinski definition) is 1. The summed E-state index contributed by atoms with van der Waals surface area (Å²) in [6, 6.07) is 4.66. The molecule has 1 N–H and O–H groups in total. The molecule has 92 valence electrons. The predicted octanol–water partition coefficient (Wildman–Crippen LogP) is 1.25. The molecule has 5 heteroatoms. The van der Waals surface area contributed by atoms with Gasteiger partial charge in [0.15, 0.2) is 0 Å². The normalized spacial score (nSPS) is 10.1. The SMILES string of the molecule is COC(=O)c1cccc(C(=O)NCC(C)C)n1. The van der Waals surface area contributed by atoms with E-state index in [0.29, 0.717) is 12.5 Å². The van der Waals surface area contributed by atoms with Crippen molar-refractivity contribution in [3.8, 4) is 0 Å². The van der Waals surface area contributed by atoms with Crippen LogP contribution in [0.3, 0.4) is 0 Å². The van der Waals surface area contributed by atoms with Crippen molar-refractivity contribution in [3.63, 3.8) is 0 Å². The first-order valence-electron chi connectivity index (χ1n) is 5.38. The quantitative estimate of drug-likeness (QED) is 0.799. The van der Waals surface area contributed by atoms with Crippen LogP contribution in [0.25, 0.3) is 0 Å². The Balaban J connectivity index is 2.77. The maximum absolute atomic E-state index is 11.7. The first-order valence-corrected chi connectivity index (χ1v) is 5.38. The zero-order valence-corrected chi connectivity index (χ0v) is 10.2. The van der Waals surface area contributed by atoms with Gasteiger partial charge in [-0.15, -0.1) is 0 Å². The van der Waals surface area contributed by atoms with Crippen LogP contribution in [0.1, 0.15) is 34.8 Å². The minimum Gasteiger partial charge on any atom is -0.464 e. The summed E-state index contributed by atoms with van der Waals surface area (Å²) >= 11 is 0. The molecule has 0 unspecified atom stereocenters. The maximum Gasteiger partial charge on any atom is 0.356 e. The largest absolute Gasteiger partial charge is 0.464 e. The number of hydrogen-bond acceptors (Lipinski definition) is 4. The lowest BCUT2D eigenvalue weighted by Gasteiger charge is -2.07. The van der Waals surface area contributed by atoms with Crippen LogP contribution < -0.4 is 5.32 Å². The predicted molar refractivity (Wildman–Crippen MR) is 62.7 cm³/mol. The zero-order chi connectivity index (χ0) is 12.8. The van der Waals surface area contributed by atoms with E-state index in [1.54, 1.807) is 12.1 Å². The number of nitrogens with zero attached hydrogens (tertiary/aromatic N) is 1. The molecule has 0 spiro atoms. The van der Waals surface area contributed by atoms with E-state index in [9.17, 15) is 9.59 Å². The molecule has 1 amide bonds. The van der Waals surface area contributed by atoms with E-state index in [1.807, 2.05) is 13.8 Å². The Morgan fingerprint density at radius 3 is 2.59 bits per heavy atom. The Morgan fingerprint density at radius 1 is 1.35 bits per heavy atom.